The molecule has 0 fully saturated rings. The molecule has 1 aromatic heterocycles. The number of rotatable bonds is 8. The maximum atomic E-state index is 12.6. The topological polar surface area (TPSA) is 64.8 Å². The number of aromatic nitrogens is 1. The maximum Gasteiger partial charge on any atom is 0.227 e. The van der Waals surface area contributed by atoms with E-state index >= 15 is 0 Å². The van der Waals surface area contributed by atoms with Crippen molar-refractivity contribution in [3.05, 3.63) is 76.7 Å². The van der Waals surface area contributed by atoms with Gasteiger partial charge in [0.05, 0.1) is 19.2 Å². The van der Waals surface area contributed by atoms with E-state index in [2.05, 4.69) is 5.16 Å². The molecule has 6 nitrogen and oxygen atoms in total. The number of amides is 1. The van der Waals surface area contributed by atoms with Gasteiger partial charge in [-0.05, 0) is 37.1 Å². The van der Waals surface area contributed by atoms with Crippen LogP contribution < -0.4 is 9.47 Å². The summed E-state index contributed by atoms with van der Waals surface area (Å²) < 4.78 is 16.5. The van der Waals surface area contributed by atoms with E-state index in [-0.39, 0.29) is 12.3 Å². The fourth-order valence-corrected chi connectivity index (χ4v) is 3.07. The van der Waals surface area contributed by atoms with E-state index in [9.17, 15) is 4.79 Å². The first-order chi connectivity index (χ1) is 14.0. The first-order valence-electron chi connectivity index (χ1n) is 9.47. The number of benzene rings is 2. The van der Waals surface area contributed by atoms with E-state index in [1.807, 2.05) is 62.4 Å². The van der Waals surface area contributed by atoms with Gasteiger partial charge in [0, 0.05) is 19.2 Å². The highest BCUT2D eigenvalue weighted by Crippen LogP contribution is 2.29. The summed E-state index contributed by atoms with van der Waals surface area (Å²) >= 11 is 0. The van der Waals surface area contributed by atoms with Crippen molar-refractivity contribution in [3.8, 4) is 11.5 Å². The number of carbonyl (C=O) groups excluding carboxylic acids is 1. The molecular formula is C23H26N2O4. The van der Waals surface area contributed by atoms with Crippen molar-refractivity contribution in [2.24, 2.45) is 0 Å². The predicted octanol–water partition coefficient (Wildman–Crippen LogP) is 4.08. The van der Waals surface area contributed by atoms with E-state index < -0.39 is 0 Å². The van der Waals surface area contributed by atoms with Gasteiger partial charge >= 0.3 is 0 Å². The first kappa shape index (κ1) is 20.5. The molecule has 2 aromatic carbocycles. The fourth-order valence-electron chi connectivity index (χ4n) is 3.07. The van der Waals surface area contributed by atoms with Crippen molar-refractivity contribution in [2.75, 3.05) is 14.2 Å². The summed E-state index contributed by atoms with van der Waals surface area (Å²) in [6, 6.07) is 15.7. The standard InChI is InChI=1S/C23H26N2O4/c1-16-20(17(2)29-24-16)13-23(26)25(3)14-19-10-11-21(22(12-19)27-4)28-15-18-8-6-5-7-9-18/h5-12H,13-15H2,1-4H3. The van der Waals surface area contributed by atoms with E-state index in [0.717, 1.165) is 22.4 Å². The molecule has 0 spiro atoms. The second kappa shape index (κ2) is 9.28. The number of ether oxygens (including phenoxy) is 2. The lowest BCUT2D eigenvalue weighted by Crippen LogP contribution is -2.28. The second-order valence-electron chi connectivity index (χ2n) is 6.99. The molecule has 0 saturated heterocycles. The molecule has 6 heteroatoms. The third-order valence-corrected chi connectivity index (χ3v) is 4.82. The van der Waals surface area contributed by atoms with Gasteiger partial charge < -0.3 is 18.9 Å². The van der Waals surface area contributed by atoms with E-state index in [4.69, 9.17) is 14.0 Å². The molecule has 0 radical (unpaired) electrons. The summed E-state index contributed by atoms with van der Waals surface area (Å²) in [4.78, 5) is 14.3. The SMILES string of the molecule is COc1cc(CN(C)C(=O)Cc2c(C)noc2C)ccc1OCc1ccccc1. The maximum absolute atomic E-state index is 12.6. The zero-order valence-electron chi connectivity index (χ0n) is 17.3. The minimum atomic E-state index is 0.00257. The molecular weight excluding hydrogens is 368 g/mol. The van der Waals surface area contributed by atoms with Crippen LogP contribution in [-0.2, 0) is 24.4 Å². The normalized spacial score (nSPS) is 10.6. The number of likely N-dealkylation sites (N-methyl/N-ethyl adjacent to an activating group) is 1. The van der Waals surface area contributed by atoms with E-state index in [0.29, 0.717) is 30.4 Å². The zero-order chi connectivity index (χ0) is 20.8. The van der Waals surface area contributed by atoms with Crippen molar-refractivity contribution in [3.63, 3.8) is 0 Å². The predicted molar refractivity (Wildman–Crippen MR) is 110 cm³/mol. The van der Waals surface area contributed by atoms with Gasteiger partial charge in [0.1, 0.15) is 12.4 Å². The monoisotopic (exact) mass is 394 g/mol. The summed E-state index contributed by atoms with van der Waals surface area (Å²) in [6.45, 7) is 4.60. The highest BCUT2D eigenvalue weighted by molar-refractivity contribution is 5.79. The van der Waals surface area contributed by atoms with Gasteiger partial charge in [0.25, 0.3) is 0 Å². The van der Waals surface area contributed by atoms with Gasteiger partial charge in [-0.25, -0.2) is 0 Å². The number of aryl methyl sites for hydroxylation is 2. The van der Waals surface area contributed by atoms with Crippen LogP contribution >= 0.6 is 0 Å². The Morgan fingerprint density at radius 3 is 2.48 bits per heavy atom. The van der Waals surface area contributed by atoms with Gasteiger partial charge in [-0.2, -0.15) is 0 Å². The molecule has 152 valence electrons. The van der Waals surface area contributed by atoms with Gasteiger partial charge in [-0.15, -0.1) is 0 Å². The Kier molecular flexibility index (Phi) is 6.54. The number of methoxy groups -OCH3 is 1. The number of hydrogen-bond donors (Lipinski definition) is 0. The molecule has 0 aliphatic rings. The first-order valence-corrected chi connectivity index (χ1v) is 9.47. The molecule has 0 aliphatic carbocycles. The lowest BCUT2D eigenvalue weighted by Gasteiger charge is -2.18. The minimum Gasteiger partial charge on any atom is -0.493 e. The molecule has 0 atom stereocenters. The minimum absolute atomic E-state index is 0.00257. The van der Waals surface area contributed by atoms with Crippen LogP contribution in [-0.4, -0.2) is 30.1 Å². The van der Waals surface area contributed by atoms with Crippen LogP contribution in [0, 0.1) is 13.8 Å². The third-order valence-electron chi connectivity index (χ3n) is 4.82. The smallest absolute Gasteiger partial charge is 0.227 e. The molecule has 1 heterocycles. The average Bonchev–Trinajstić information content (AvgIpc) is 3.05. The number of carbonyl (C=O) groups is 1. The molecule has 0 unspecified atom stereocenters. The summed E-state index contributed by atoms with van der Waals surface area (Å²) in [5, 5.41) is 3.91. The summed E-state index contributed by atoms with van der Waals surface area (Å²) in [5.74, 6) is 2.00. The van der Waals surface area contributed by atoms with Gasteiger partial charge in [-0.1, -0.05) is 41.6 Å². The molecule has 1 amide bonds. The molecule has 0 aliphatic heterocycles. The Hall–Kier alpha value is -3.28. The van der Waals surface area contributed by atoms with Gasteiger partial charge in [0.2, 0.25) is 5.91 Å². The Balaban J connectivity index is 1.63. The molecule has 3 aromatic rings. The highest BCUT2D eigenvalue weighted by Gasteiger charge is 2.17. The fraction of sp³-hybridized carbons (Fsp3) is 0.304. The van der Waals surface area contributed by atoms with E-state index in [1.165, 1.54) is 0 Å². The average molecular weight is 394 g/mol. The van der Waals surface area contributed by atoms with Gasteiger partial charge in [0.15, 0.2) is 11.5 Å². The van der Waals surface area contributed by atoms with Crippen molar-refractivity contribution in [1.82, 2.24) is 10.1 Å². The van der Waals surface area contributed by atoms with Crippen LogP contribution in [0.4, 0.5) is 0 Å². The quantitative estimate of drug-likeness (QED) is 0.576. The molecule has 0 saturated carbocycles. The highest BCUT2D eigenvalue weighted by atomic mass is 16.5. The molecule has 29 heavy (non-hydrogen) atoms. The van der Waals surface area contributed by atoms with Crippen LogP contribution in [0.25, 0.3) is 0 Å². The molecule has 3 rings (SSSR count). The van der Waals surface area contributed by atoms with Crippen LogP contribution in [0.5, 0.6) is 11.5 Å². The lowest BCUT2D eigenvalue weighted by molar-refractivity contribution is -0.129. The third kappa shape index (κ3) is 5.16. The van der Waals surface area contributed by atoms with Crippen molar-refractivity contribution >= 4 is 5.91 Å². The van der Waals surface area contributed by atoms with Gasteiger partial charge in [-0.3, -0.25) is 4.79 Å². The number of hydrogen-bond acceptors (Lipinski definition) is 5. The van der Waals surface area contributed by atoms with Crippen molar-refractivity contribution < 1.29 is 18.8 Å². The Morgan fingerprint density at radius 1 is 1.07 bits per heavy atom. The van der Waals surface area contributed by atoms with Crippen LogP contribution in [0.1, 0.15) is 28.1 Å². The largest absolute Gasteiger partial charge is 0.493 e. The van der Waals surface area contributed by atoms with Crippen molar-refractivity contribution in [1.29, 1.82) is 0 Å². The van der Waals surface area contributed by atoms with Crippen LogP contribution in [0.3, 0.4) is 0 Å². The van der Waals surface area contributed by atoms with Crippen LogP contribution in [0.15, 0.2) is 53.1 Å². The summed E-state index contributed by atoms with van der Waals surface area (Å²) in [7, 11) is 3.40. The van der Waals surface area contributed by atoms with E-state index in [1.54, 1.807) is 19.1 Å². The Morgan fingerprint density at radius 2 is 1.83 bits per heavy atom. The second-order valence-corrected chi connectivity index (χ2v) is 6.99. The zero-order valence-corrected chi connectivity index (χ0v) is 17.3. The molecule has 0 bridgehead atoms. The number of nitrogens with zero attached hydrogens (tertiary/aromatic N) is 2. The lowest BCUT2D eigenvalue weighted by atomic mass is 10.1. The van der Waals surface area contributed by atoms with Crippen LogP contribution in [0.2, 0.25) is 0 Å². The summed E-state index contributed by atoms with van der Waals surface area (Å²) in [6.07, 6.45) is 0.271. The Labute approximate surface area is 171 Å². The molecule has 0 N–H and O–H groups in total. The van der Waals surface area contributed by atoms with Crippen molar-refractivity contribution in [2.45, 2.75) is 33.4 Å². The summed E-state index contributed by atoms with van der Waals surface area (Å²) in [5.41, 5.74) is 3.65. The Bertz CT molecular complexity index is 947.